The van der Waals surface area contributed by atoms with Crippen LogP contribution in [0, 0.1) is 11.8 Å². The third-order valence-corrected chi connectivity index (χ3v) is 2.40. The van der Waals surface area contributed by atoms with E-state index in [0.717, 1.165) is 0 Å². The largest absolute Gasteiger partial charge is 0.458 e. The Hall–Kier alpha value is -0.830. The topological polar surface area (TPSA) is 46.5 Å². The summed E-state index contributed by atoms with van der Waals surface area (Å²) in [6.07, 6.45) is 4.21. The highest BCUT2D eigenvalue weighted by Crippen LogP contribution is 2.35. The molecule has 1 N–H and O–H groups in total. The highest BCUT2D eigenvalue weighted by atomic mass is 16.5. The highest BCUT2D eigenvalue weighted by Gasteiger charge is 2.40. The second kappa shape index (κ2) is 2.34. The van der Waals surface area contributed by atoms with E-state index in [2.05, 4.69) is 0 Å². The van der Waals surface area contributed by atoms with Crippen LogP contribution in [-0.2, 0) is 9.53 Å². The molecule has 0 saturated carbocycles. The summed E-state index contributed by atoms with van der Waals surface area (Å²) in [7, 11) is 0. The molecule has 1 fully saturated rings. The SMILES string of the molecule is O=C1CC2C(CO)C=CC2O1. The summed E-state index contributed by atoms with van der Waals surface area (Å²) in [5, 5.41) is 8.88. The minimum Gasteiger partial charge on any atom is -0.458 e. The fourth-order valence-corrected chi connectivity index (χ4v) is 1.76. The van der Waals surface area contributed by atoms with Gasteiger partial charge in [-0.3, -0.25) is 4.79 Å². The molecule has 2 rings (SSSR count). The zero-order valence-corrected chi connectivity index (χ0v) is 6.06. The molecule has 1 heterocycles. The molecule has 0 aromatic heterocycles. The highest BCUT2D eigenvalue weighted by molar-refractivity contribution is 5.73. The molecule has 0 aromatic carbocycles. The first-order valence-electron chi connectivity index (χ1n) is 3.80. The molecular weight excluding hydrogens is 144 g/mol. The number of hydrogen-bond donors (Lipinski definition) is 1. The molecule has 60 valence electrons. The van der Waals surface area contributed by atoms with E-state index in [9.17, 15) is 4.79 Å². The van der Waals surface area contributed by atoms with Crippen molar-refractivity contribution in [2.75, 3.05) is 6.61 Å². The predicted molar refractivity (Wildman–Crippen MR) is 37.7 cm³/mol. The lowest BCUT2D eigenvalue weighted by Gasteiger charge is -2.11. The Bertz CT molecular complexity index is 209. The molecule has 0 spiro atoms. The normalized spacial score (nSPS) is 40.8. The Kier molecular flexibility index (Phi) is 1.46. The van der Waals surface area contributed by atoms with Gasteiger partial charge < -0.3 is 9.84 Å². The number of hydrogen-bond acceptors (Lipinski definition) is 3. The van der Waals surface area contributed by atoms with Crippen LogP contribution in [0.3, 0.4) is 0 Å². The Labute approximate surface area is 64.7 Å². The van der Waals surface area contributed by atoms with Gasteiger partial charge in [-0.2, -0.15) is 0 Å². The quantitative estimate of drug-likeness (QED) is 0.430. The number of carbonyl (C=O) groups excluding carboxylic acids is 1. The molecule has 0 aromatic rings. The van der Waals surface area contributed by atoms with Gasteiger partial charge in [0.05, 0.1) is 6.42 Å². The van der Waals surface area contributed by atoms with Crippen molar-refractivity contribution in [3.63, 3.8) is 0 Å². The van der Waals surface area contributed by atoms with Crippen molar-refractivity contribution in [1.29, 1.82) is 0 Å². The minimum atomic E-state index is -0.136. The van der Waals surface area contributed by atoms with Gasteiger partial charge in [0, 0.05) is 18.4 Å². The molecule has 1 aliphatic carbocycles. The molecule has 3 atom stereocenters. The number of rotatable bonds is 1. The van der Waals surface area contributed by atoms with Gasteiger partial charge in [-0.15, -0.1) is 0 Å². The zero-order valence-electron chi connectivity index (χ0n) is 6.06. The van der Waals surface area contributed by atoms with Crippen LogP contribution in [-0.4, -0.2) is 23.8 Å². The first kappa shape index (κ1) is 6.85. The van der Waals surface area contributed by atoms with Gasteiger partial charge in [0.2, 0.25) is 0 Å². The van der Waals surface area contributed by atoms with Crippen molar-refractivity contribution in [3.8, 4) is 0 Å². The molecule has 0 bridgehead atoms. The number of aliphatic hydroxyl groups excluding tert-OH is 1. The molecular formula is C8H10O3. The Morgan fingerprint density at radius 3 is 3.18 bits per heavy atom. The first-order valence-corrected chi connectivity index (χ1v) is 3.80. The summed E-state index contributed by atoms with van der Waals surface area (Å²) in [6.45, 7) is 0.119. The van der Waals surface area contributed by atoms with Crippen molar-refractivity contribution in [2.24, 2.45) is 11.8 Å². The molecule has 2 aliphatic rings. The summed E-state index contributed by atoms with van der Waals surface area (Å²) in [6, 6.07) is 0. The number of aliphatic hydroxyl groups is 1. The van der Waals surface area contributed by atoms with E-state index < -0.39 is 0 Å². The van der Waals surface area contributed by atoms with E-state index in [1.54, 1.807) is 0 Å². The summed E-state index contributed by atoms with van der Waals surface area (Å²) >= 11 is 0. The fraction of sp³-hybridized carbons (Fsp3) is 0.625. The smallest absolute Gasteiger partial charge is 0.306 e. The van der Waals surface area contributed by atoms with Gasteiger partial charge in [0.25, 0.3) is 0 Å². The maximum absolute atomic E-state index is 10.8. The third-order valence-electron chi connectivity index (χ3n) is 2.40. The summed E-state index contributed by atoms with van der Waals surface area (Å²) in [5.41, 5.74) is 0. The van der Waals surface area contributed by atoms with Crippen LogP contribution in [0.4, 0.5) is 0 Å². The molecule has 11 heavy (non-hydrogen) atoms. The van der Waals surface area contributed by atoms with Crippen molar-refractivity contribution < 1.29 is 14.6 Å². The summed E-state index contributed by atoms with van der Waals surface area (Å²) in [4.78, 5) is 10.8. The van der Waals surface area contributed by atoms with Crippen molar-refractivity contribution in [3.05, 3.63) is 12.2 Å². The molecule has 1 saturated heterocycles. The van der Waals surface area contributed by atoms with Crippen LogP contribution in [0.15, 0.2) is 12.2 Å². The van der Waals surface area contributed by atoms with E-state index in [0.29, 0.717) is 6.42 Å². The molecule has 3 nitrogen and oxygen atoms in total. The lowest BCUT2D eigenvalue weighted by Crippen LogP contribution is -2.17. The van der Waals surface area contributed by atoms with E-state index >= 15 is 0 Å². The van der Waals surface area contributed by atoms with Crippen LogP contribution >= 0.6 is 0 Å². The summed E-state index contributed by atoms with van der Waals surface area (Å²) in [5.74, 6) is 0.196. The van der Waals surface area contributed by atoms with Crippen molar-refractivity contribution >= 4 is 5.97 Å². The van der Waals surface area contributed by atoms with Gasteiger partial charge >= 0.3 is 5.97 Å². The average Bonchev–Trinajstić information content (AvgIpc) is 2.45. The van der Waals surface area contributed by atoms with Gasteiger partial charge in [0.1, 0.15) is 6.10 Å². The second-order valence-corrected chi connectivity index (χ2v) is 3.05. The van der Waals surface area contributed by atoms with Gasteiger partial charge in [-0.25, -0.2) is 0 Å². The first-order chi connectivity index (χ1) is 5.31. The summed E-state index contributed by atoms with van der Waals surface area (Å²) < 4.78 is 4.98. The van der Waals surface area contributed by atoms with E-state index in [4.69, 9.17) is 9.84 Å². The molecule has 3 unspecified atom stereocenters. The monoisotopic (exact) mass is 154 g/mol. The molecule has 0 radical (unpaired) electrons. The van der Waals surface area contributed by atoms with Crippen LogP contribution < -0.4 is 0 Å². The second-order valence-electron chi connectivity index (χ2n) is 3.05. The molecule has 1 aliphatic heterocycles. The minimum absolute atomic E-state index is 0.0559. The third kappa shape index (κ3) is 0.959. The van der Waals surface area contributed by atoms with Crippen LogP contribution in [0.1, 0.15) is 6.42 Å². The Balaban J connectivity index is 2.13. The van der Waals surface area contributed by atoms with Gasteiger partial charge in [0.15, 0.2) is 0 Å². The van der Waals surface area contributed by atoms with Gasteiger partial charge in [-0.05, 0) is 6.08 Å². The Morgan fingerprint density at radius 2 is 2.45 bits per heavy atom. The standard InChI is InChI=1S/C8H10O3/c9-4-5-1-2-7-6(5)3-8(10)11-7/h1-2,5-7,9H,3-4H2. The molecule has 3 heteroatoms. The fourth-order valence-electron chi connectivity index (χ4n) is 1.76. The number of esters is 1. The Morgan fingerprint density at radius 1 is 1.64 bits per heavy atom. The van der Waals surface area contributed by atoms with Crippen LogP contribution in [0.5, 0.6) is 0 Å². The van der Waals surface area contributed by atoms with Gasteiger partial charge in [-0.1, -0.05) is 6.08 Å². The molecule has 0 amide bonds. The maximum Gasteiger partial charge on any atom is 0.306 e. The van der Waals surface area contributed by atoms with E-state index in [1.807, 2.05) is 12.2 Å². The lowest BCUT2D eigenvalue weighted by molar-refractivity contribution is -0.140. The van der Waals surface area contributed by atoms with Crippen molar-refractivity contribution in [2.45, 2.75) is 12.5 Å². The van der Waals surface area contributed by atoms with E-state index in [1.165, 1.54) is 0 Å². The van der Waals surface area contributed by atoms with E-state index in [-0.39, 0.29) is 30.5 Å². The maximum atomic E-state index is 10.8. The van der Waals surface area contributed by atoms with Crippen molar-refractivity contribution in [1.82, 2.24) is 0 Å². The van der Waals surface area contributed by atoms with Crippen LogP contribution in [0.25, 0.3) is 0 Å². The number of ether oxygens (including phenoxy) is 1. The average molecular weight is 154 g/mol. The van der Waals surface area contributed by atoms with Crippen LogP contribution in [0.2, 0.25) is 0 Å². The lowest BCUT2D eigenvalue weighted by atomic mass is 9.93. The number of carbonyl (C=O) groups is 1. The number of fused-ring (bicyclic) bond motifs is 1. The zero-order chi connectivity index (χ0) is 7.84. The predicted octanol–water partition coefficient (Wildman–Crippen LogP) is 0.0964.